The monoisotopic (exact) mass is 281 g/mol. The quantitative estimate of drug-likeness (QED) is 0.878. The van der Waals surface area contributed by atoms with Gasteiger partial charge < -0.3 is 9.84 Å². The van der Waals surface area contributed by atoms with Gasteiger partial charge in [-0.25, -0.2) is 14.2 Å². The average Bonchev–Trinajstić information content (AvgIpc) is 2.39. The highest BCUT2D eigenvalue weighted by Gasteiger charge is 2.14. The summed E-state index contributed by atoms with van der Waals surface area (Å²) < 4.78 is 18.4. The molecule has 1 aromatic carbocycles. The minimum Gasteiger partial charge on any atom is -0.496 e. The van der Waals surface area contributed by atoms with Crippen molar-refractivity contribution in [2.45, 2.75) is 0 Å². The van der Waals surface area contributed by atoms with Gasteiger partial charge in [0.2, 0.25) is 0 Å². The molecular formula is C13H9ClFNO3. The summed E-state index contributed by atoms with van der Waals surface area (Å²) in [6.45, 7) is 0. The van der Waals surface area contributed by atoms with Gasteiger partial charge in [0.15, 0.2) is 0 Å². The molecule has 1 aromatic heterocycles. The number of carboxylic acid groups (broad SMARTS) is 1. The minimum atomic E-state index is -1.20. The third-order valence-electron chi connectivity index (χ3n) is 2.54. The largest absolute Gasteiger partial charge is 0.496 e. The summed E-state index contributed by atoms with van der Waals surface area (Å²) in [6.07, 6.45) is 1.37. The van der Waals surface area contributed by atoms with Crippen LogP contribution in [0.1, 0.15) is 10.4 Å². The molecule has 0 amide bonds. The Morgan fingerprint density at radius 2 is 2.16 bits per heavy atom. The van der Waals surface area contributed by atoms with E-state index in [1.165, 1.54) is 37.6 Å². The van der Waals surface area contributed by atoms with E-state index in [4.69, 9.17) is 21.4 Å². The highest BCUT2D eigenvalue weighted by atomic mass is 35.5. The Balaban J connectivity index is 2.62. The maximum atomic E-state index is 13.3. The number of rotatable bonds is 3. The van der Waals surface area contributed by atoms with Gasteiger partial charge in [-0.3, -0.25) is 0 Å². The number of methoxy groups -OCH3 is 1. The first-order chi connectivity index (χ1) is 9.02. The lowest BCUT2D eigenvalue weighted by Gasteiger charge is -2.09. The number of pyridine rings is 1. The molecule has 0 bridgehead atoms. The van der Waals surface area contributed by atoms with Gasteiger partial charge in [0.25, 0.3) is 0 Å². The molecule has 0 radical (unpaired) electrons. The molecule has 0 atom stereocenters. The van der Waals surface area contributed by atoms with Crippen LogP contribution in [-0.4, -0.2) is 23.2 Å². The van der Waals surface area contributed by atoms with Gasteiger partial charge in [0.05, 0.1) is 12.7 Å². The third kappa shape index (κ3) is 2.66. The van der Waals surface area contributed by atoms with Crippen molar-refractivity contribution < 1.29 is 19.0 Å². The molecule has 0 fully saturated rings. The van der Waals surface area contributed by atoms with Crippen LogP contribution < -0.4 is 4.74 Å². The number of aromatic carboxylic acids is 1. The van der Waals surface area contributed by atoms with Crippen LogP contribution in [0, 0.1) is 5.82 Å². The smallest absolute Gasteiger partial charge is 0.338 e. The molecule has 1 N–H and O–H groups in total. The van der Waals surface area contributed by atoms with Crippen molar-refractivity contribution in [3.63, 3.8) is 0 Å². The maximum Gasteiger partial charge on any atom is 0.338 e. The van der Waals surface area contributed by atoms with Gasteiger partial charge >= 0.3 is 5.97 Å². The van der Waals surface area contributed by atoms with E-state index in [1.54, 1.807) is 0 Å². The number of carbonyl (C=O) groups is 1. The Labute approximate surface area is 113 Å². The Morgan fingerprint density at radius 1 is 1.42 bits per heavy atom. The molecule has 0 saturated heterocycles. The number of nitrogens with zero attached hydrogens (tertiary/aromatic N) is 1. The fraction of sp³-hybridized carbons (Fsp3) is 0.0769. The van der Waals surface area contributed by atoms with Gasteiger partial charge in [0, 0.05) is 17.3 Å². The van der Waals surface area contributed by atoms with Gasteiger partial charge in [0.1, 0.15) is 16.7 Å². The summed E-state index contributed by atoms with van der Waals surface area (Å²) in [5, 5.41) is 8.87. The van der Waals surface area contributed by atoms with E-state index >= 15 is 0 Å². The molecule has 0 aliphatic rings. The number of carboxylic acids is 1. The molecule has 2 aromatic rings. The molecule has 6 heteroatoms. The highest BCUT2D eigenvalue weighted by molar-refractivity contribution is 6.32. The zero-order chi connectivity index (χ0) is 14.0. The Kier molecular flexibility index (Phi) is 3.66. The molecule has 0 aliphatic heterocycles. The molecule has 0 spiro atoms. The number of hydrogen-bond acceptors (Lipinski definition) is 3. The molecule has 0 saturated carbocycles. The van der Waals surface area contributed by atoms with E-state index in [0.717, 1.165) is 0 Å². The molecule has 0 aliphatic carbocycles. The summed E-state index contributed by atoms with van der Waals surface area (Å²) in [4.78, 5) is 14.8. The third-order valence-corrected chi connectivity index (χ3v) is 2.84. The molecule has 98 valence electrons. The highest BCUT2D eigenvalue weighted by Crippen LogP contribution is 2.31. The zero-order valence-corrected chi connectivity index (χ0v) is 10.6. The molecule has 4 nitrogen and oxygen atoms in total. The van der Waals surface area contributed by atoms with Crippen molar-refractivity contribution in [3.05, 3.63) is 47.0 Å². The second-order valence-corrected chi connectivity index (χ2v) is 4.07. The summed E-state index contributed by atoms with van der Waals surface area (Å²) in [5.41, 5.74) is 0.679. The second kappa shape index (κ2) is 5.24. The van der Waals surface area contributed by atoms with Crippen LogP contribution in [0.2, 0.25) is 5.15 Å². The Hall–Kier alpha value is -2.14. The lowest BCUT2D eigenvalue weighted by molar-refractivity contribution is 0.0696. The van der Waals surface area contributed by atoms with Gasteiger partial charge in [-0.05, 0) is 24.3 Å². The number of aromatic nitrogens is 1. The maximum absolute atomic E-state index is 13.3. The summed E-state index contributed by atoms with van der Waals surface area (Å²) in [7, 11) is 1.44. The van der Waals surface area contributed by atoms with Crippen molar-refractivity contribution in [2.24, 2.45) is 0 Å². The van der Waals surface area contributed by atoms with E-state index in [2.05, 4.69) is 4.98 Å². The van der Waals surface area contributed by atoms with E-state index < -0.39 is 11.8 Å². The average molecular weight is 282 g/mol. The van der Waals surface area contributed by atoms with E-state index in [1.807, 2.05) is 0 Å². The van der Waals surface area contributed by atoms with Gasteiger partial charge in [-0.1, -0.05) is 11.6 Å². The van der Waals surface area contributed by atoms with Crippen LogP contribution in [0.4, 0.5) is 4.39 Å². The fourth-order valence-corrected chi connectivity index (χ4v) is 1.84. The number of hydrogen-bond donors (Lipinski definition) is 1. The first-order valence-electron chi connectivity index (χ1n) is 5.25. The zero-order valence-electron chi connectivity index (χ0n) is 9.85. The lowest BCUT2D eigenvalue weighted by atomic mass is 10.0. The molecule has 1 heterocycles. The fourth-order valence-electron chi connectivity index (χ4n) is 1.65. The van der Waals surface area contributed by atoms with Crippen molar-refractivity contribution >= 4 is 17.6 Å². The van der Waals surface area contributed by atoms with Gasteiger partial charge in [-0.2, -0.15) is 0 Å². The van der Waals surface area contributed by atoms with Crippen molar-refractivity contribution in [1.29, 1.82) is 0 Å². The van der Waals surface area contributed by atoms with Crippen molar-refractivity contribution in [2.75, 3.05) is 7.11 Å². The van der Waals surface area contributed by atoms with Crippen LogP contribution in [0.3, 0.4) is 0 Å². The molecule has 0 unspecified atom stereocenters. The first kappa shape index (κ1) is 13.3. The number of benzene rings is 1. The van der Waals surface area contributed by atoms with Gasteiger partial charge in [-0.15, -0.1) is 0 Å². The SMILES string of the molecule is COc1ccc(F)cc1-c1cnc(Cl)c(C(=O)O)c1. The predicted molar refractivity (Wildman–Crippen MR) is 68.2 cm³/mol. The summed E-state index contributed by atoms with van der Waals surface area (Å²) in [6, 6.07) is 5.29. The Morgan fingerprint density at radius 3 is 2.79 bits per heavy atom. The van der Waals surface area contributed by atoms with E-state index in [0.29, 0.717) is 16.9 Å². The van der Waals surface area contributed by atoms with Crippen LogP contribution in [0.25, 0.3) is 11.1 Å². The standard InChI is InChI=1S/C13H9ClFNO3/c1-19-11-3-2-8(15)5-9(11)7-4-10(13(17)18)12(14)16-6-7/h2-6H,1H3,(H,17,18). The van der Waals surface area contributed by atoms with Crippen LogP contribution >= 0.6 is 11.6 Å². The first-order valence-corrected chi connectivity index (χ1v) is 5.63. The minimum absolute atomic E-state index is 0.119. The predicted octanol–water partition coefficient (Wildman–Crippen LogP) is 3.25. The van der Waals surface area contributed by atoms with E-state index in [-0.39, 0.29) is 10.7 Å². The topological polar surface area (TPSA) is 59.4 Å². The van der Waals surface area contributed by atoms with Crippen molar-refractivity contribution in [3.8, 4) is 16.9 Å². The molecule has 19 heavy (non-hydrogen) atoms. The van der Waals surface area contributed by atoms with E-state index in [9.17, 15) is 9.18 Å². The van der Waals surface area contributed by atoms with Crippen LogP contribution in [0.5, 0.6) is 5.75 Å². The molecular weight excluding hydrogens is 273 g/mol. The number of ether oxygens (including phenoxy) is 1. The molecule has 2 rings (SSSR count). The summed E-state index contributed by atoms with van der Waals surface area (Å²) in [5.74, 6) is -1.24. The summed E-state index contributed by atoms with van der Waals surface area (Å²) >= 11 is 5.69. The Bertz CT molecular complexity index is 646. The van der Waals surface area contributed by atoms with Crippen LogP contribution in [-0.2, 0) is 0 Å². The van der Waals surface area contributed by atoms with Crippen molar-refractivity contribution in [1.82, 2.24) is 4.98 Å². The van der Waals surface area contributed by atoms with Crippen LogP contribution in [0.15, 0.2) is 30.5 Å². The lowest BCUT2D eigenvalue weighted by Crippen LogP contribution is -2.00. The number of halogens is 2. The second-order valence-electron chi connectivity index (χ2n) is 3.71. The normalized spacial score (nSPS) is 10.3.